The average Bonchev–Trinajstić information content (AvgIpc) is 3.03. The molecule has 0 spiro atoms. The van der Waals surface area contributed by atoms with Crippen molar-refractivity contribution in [2.75, 3.05) is 13.1 Å². The van der Waals surface area contributed by atoms with Crippen LogP contribution in [0.4, 0.5) is 0 Å². The van der Waals surface area contributed by atoms with E-state index in [0.29, 0.717) is 23.4 Å². The van der Waals surface area contributed by atoms with E-state index in [1.807, 2.05) is 24.3 Å². The zero-order chi connectivity index (χ0) is 15.8. The van der Waals surface area contributed by atoms with E-state index in [1.54, 1.807) is 18.5 Å². The first-order chi connectivity index (χ1) is 11.3. The Labute approximate surface area is 135 Å². The molecule has 4 rings (SSSR count). The predicted molar refractivity (Wildman–Crippen MR) is 85.4 cm³/mol. The molecule has 1 aliphatic carbocycles. The van der Waals surface area contributed by atoms with Crippen LogP contribution < -0.4 is 5.32 Å². The standard InChI is InChI=1S/C17H19N5O/c18-8-12-2-4-13(5-3-12)9-20-16-14-10-21(11-15(14)16)17-19-6-1-7-22(17)23/h1-7,14-17,20,23H,9-11H2. The van der Waals surface area contributed by atoms with Crippen LogP contribution >= 0.6 is 0 Å². The first-order valence-electron chi connectivity index (χ1n) is 7.90. The Morgan fingerprint density at radius 3 is 2.65 bits per heavy atom. The molecular formula is C17H19N5O. The molecule has 2 N–H and O–H groups in total. The maximum atomic E-state index is 9.84. The second-order valence-electron chi connectivity index (χ2n) is 6.36. The normalized spacial score (nSPS) is 31.9. The molecule has 2 heterocycles. The van der Waals surface area contributed by atoms with Gasteiger partial charge in [-0.2, -0.15) is 5.26 Å². The van der Waals surface area contributed by atoms with Crippen molar-refractivity contribution in [1.29, 1.82) is 5.26 Å². The molecule has 6 heteroatoms. The van der Waals surface area contributed by atoms with Gasteiger partial charge >= 0.3 is 0 Å². The van der Waals surface area contributed by atoms with E-state index < -0.39 is 0 Å². The van der Waals surface area contributed by atoms with E-state index in [0.717, 1.165) is 19.6 Å². The third-order valence-corrected chi connectivity index (χ3v) is 4.95. The molecule has 0 bridgehead atoms. The molecule has 1 aromatic rings. The van der Waals surface area contributed by atoms with E-state index in [-0.39, 0.29) is 6.29 Å². The lowest BCUT2D eigenvalue weighted by Crippen LogP contribution is -2.45. The van der Waals surface area contributed by atoms with Crippen molar-refractivity contribution in [2.24, 2.45) is 16.8 Å². The summed E-state index contributed by atoms with van der Waals surface area (Å²) < 4.78 is 0. The molecule has 0 amide bonds. The highest BCUT2D eigenvalue weighted by Gasteiger charge is 2.56. The Morgan fingerprint density at radius 1 is 1.26 bits per heavy atom. The topological polar surface area (TPSA) is 74.9 Å². The van der Waals surface area contributed by atoms with Crippen molar-refractivity contribution in [2.45, 2.75) is 18.9 Å². The van der Waals surface area contributed by atoms with Gasteiger partial charge in [0.2, 0.25) is 6.29 Å². The Morgan fingerprint density at radius 2 is 2.00 bits per heavy atom. The van der Waals surface area contributed by atoms with Gasteiger partial charge in [0.25, 0.3) is 0 Å². The number of hydrogen-bond donors (Lipinski definition) is 2. The Kier molecular flexibility index (Phi) is 3.62. The van der Waals surface area contributed by atoms with Crippen LogP contribution in [-0.4, -0.2) is 46.8 Å². The summed E-state index contributed by atoms with van der Waals surface area (Å²) >= 11 is 0. The van der Waals surface area contributed by atoms with Crippen molar-refractivity contribution in [3.63, 3.8) is 0 Å². The van der Waals surface area contributed by atoms with Gasteiger partial charge < -0.3 is 5.32 Å². The van der Waals surface area contributed by atoms with Crippen molar-refractivity contribution < 1.29 is 5.21 Å². The number of rotatable bonds is 4. The number of hydrogen-bond acceptors (Lipinski definition) is 6. The van der Waals surface area contributed by atoms with Crippen LogP contribution in [-0.2, 0) is 6.54 Å². The molecular weight excluding hydrogens is 290 g/mol. The maximum Gasteiger partial charge on any atom is 0.201 e. The zero-order valence-electron chi connectivity index (χ0n) is 12.7. The summed E-state index contributed by atoms with van der Waals surface area (Å²) in [6, 6.07) is 10.4. The molecule has 3 atom stereocenters. The molecule has 3 aliphatic rings. The molecule has 2 aliphatic heterocycles. The molecule has 3 unspecified atom stereocenters. The van der Waals surface area contributed by atoms with Gasteiger partial charge in [-0.1, -0.05) is 12.1 Å². The minimum atomic E-state index is -0.271. The highest BCUT2D eigenvalue weighted by atomic mass is 16.5. The minimum absolute atomic E-state index is 0.271. The molecule has 1 aromatic carbocycles. The van der Waals surface area contributed by atoms with Crippen LogP contribution in [0.25, 0.3) is 0 Å². The fourth-order valence-corrected chi connectivity index (χ4v) is 3.64. The van der Waals surface area contributed by atoms with Gasteiger partial charge in [-0.25, -0.2) is 5.06 Å². The number of nitrogens with zero attached hydrogens (tertiary/aromatic N) is 4. The summed E-state index contributed by atoms with van der Waals surface area (Å²) in [5, 5.41) is 23.4. The van der Waals surface area contributed by atoms with E-state index in [4.69, 9.17) is 5.26 Å². The summed E-state index contributed by atoms with van der Waals surface area (Å²) in [7, 11) is 0. The third-order valence-electron chi connectivity index (χ3n) is 4.95. The second-order valence-corrected chi connectivity index (χ2v) is 6.36. The van der Waals surface area contributed by atoms with Crippen LogP contribution in [0.2, 0.25) is 0 Å². The lowest BCUT2D eigenvalue weighted by atomic mass is 10.1. The van der Waals surface area contributed by atoms with E-state index >= 15 is 0 Å². The fourth-order valence-electron chi connectivity index (χ4n) is 3.64. The van der Waals surface area contributed by atoms with Crippen LogP contribution in [0.5, 0.6) is 0 Å². The van der Waals surface area contributed by atoms with Crippen molar-refractivity contribution >= 4 is 6.21 Å². The van der Waals surface area contributed by atoms with Gasteiger partial charge in [0.05, 0.1) is 11.6 Å². The van der Waals surface area contributed by atoms with Gasteiger partial charge in [0.1, 0.15) is 0 Å². The maximum absolute atomic E-state index is 9.84. The molecule has 6 nitrogen and oxygen atoms in total. The van der Waals surface area contributed by atoms with E-state index in [2.05, 4.69) is 21.3 Å². The fraction of sp³-hybridized carbons (Fsp3) is 0.412. The lowest BCUT2D eigenvalue weighted by Gasteiger charge is -2.32. The highest BCUT2D eigenvalue weighted by Crippen LogP contribution is 2.46. The SMILES string of the molecule is N#Cc1ccc(CNC2C3CN(C4N=CC=CN4O)CC32)cc1. The number of fused-ring (bicyclic) bond motifs is 1. The number of hydroxylamine groups is 2. The highest BCUT2D eigenvalue weighted by molar-refractivity contribution is 5.71. The first-order valence-corrected chi connectivity index (χ1v) is 7.90. The minimum Gasteiger partial charge on any atom is -0.309 e. The molecule has 2 fully saturated rings. The Hall–Kier alpha value is -2.20. The summed E-state index contributed by atoms with van der Waals surface area (Å²) in [5.74, 6) is 1.28. The van der Waals surface area contributed by atoms with E-state index in [9.17, 15) is 5.21 Å². The smallest absolute Gasteiger partial charge is 0.201 e. The summed E-state index contributed by atoms with van der Waals surface area (Å²) in [6.45, 7) is 2.75. The number of nitriles is 1. The van der Waals surface area contributed by atoms with Crippen molar-refractivity contribution in [3.8, 4) is 6.07 Å². The third kappa shape index (κ3) is 2.75. The largest absolute Gasteiger partial charge is 0.309 e. The van der Waals surface area contributed by atoms with E-state index in [1.165, 1.54) is 10.6 Å². The second kappa shape index (κ2) is 5.78. The number of aliphatic imine (C=N–C) groups is 1. The molecule has 0 aromatic heterocycles. The Balaban J connectivity index is 1.27. The molecule has 23 heavy (non-hydrogen) atoms. The number of nitrogens with one attached hydrogen (secondary N) is 1. The monoisotopic (exact) mass is 309 g/mol. The van der Waals surface area contributed by atoms with Gasteiger partial charge in [-0.05, 0) is 35.6 Å². The van der Waals surface area contributed by atoms with Crippen molar-refractivity contribution in [1.82, 2.24) is 15.3 Å². The number of benzene rings is 1. The van der Waals surface area contributed by atoms with Crippen LogP contribution in [0.1, 0.15) is 11.1 Å². The summed E-state index contributed by atoms with van der Waals surface area (Å²) in [5.41, 5.74) is 1.90. The average molecular weight is 309 g/mol. The quantitative estimate of drug-likeness (QED) is 0.873. The van der Waals surface area contributed by atoms with Gasteiger partial charge in [0.15, 0.2) is 0 Å². The summed E-state index contributed by atoms with van der Waals surface area (Å²) in [6.07, 6.45) is 4.84. The lowest BCUT2D eigenvalue weighted by molar-refractivity contribution is -0.127. The molecule has 0 radical (unpaired) electrons. The molecule has 1 saturated carbocycles. The summed E-state index contributed by atoms with van der Waals surface area (Å²) in [4.78, 5) is 6.54. The van der Waals surface area contributed by atoms with Crippen LogP contribution in [0.15, 0.2) is 41.5 Å². The molecule has 118 valence electrons. The van der Waals surface area contributed by atoms with Gasteiger partial charge in [-0.3, -0.25) is 15.1 Å². The molecule has 1 saturated heterocycles. The zero-order valence-corrected chi connectivity index (χ0v) is 12.7. The first kappa shape index (κ1) is 14.4. The van der Waals surface area contributed by atoms with Crippen LogP contribution in [0, 0.1) is 23.2 Å². The van der Waals surface area contributed by atoms with Crippen LogP contribution in [0.3, 0.4) is 0 Å². The van der Waals surface area contributed by atoms with Gasteiger partial charge in [-0.15, -0.1) is 0 Å². The number of piperidine rings is 1. The number of likely N-dealkylation sites (tertiary alicyclic amines) is 1. The predicted octanol–water partition coefficient (Wildman–Crippen LogP) is 1.15. The van der Waals surface area contributed by atoms with Crippen molar-refractivity contribution in [3.05, 3.63) is 47.7 Å². The Bertz CT molecular complexity index is 665. The van der Waals surface area contributed by atoms with Gasteiger partial charge in [0, 0.05) is 38.1 Å². The number of allylic oxidation sites excluding steroid dienone is 1.